The third-order valence-corrected chi connectivity index (χ3v) is 5.03. The molecule has 0 saturated heterocycles. The lowest BCUT2D eigenvalue weighted by atomic mass is 10.1. The van der Waals surface area contributed by atoms with Crippen LogP contribution >= 0.6 is 71.0 Å². The SMILES string of the molecule is CC(Nc1c(Cl)cc(Br)cc1Cl)c1ccc(Br)cc1Br. The second-order valence-corrected chi connectivity index (χ2v) is 7.78. The first-order chi connectivity index (χ1) is 9.38. The number of nitrogens with one attached hydrogen (secondary N) is 1. The fourth-order valence-corrected chi connectivity index (χ4v) is 4.54. The highest BCUT2D eigenvalue weighted by Gasteiger charge is 2.14. The van der Waals surface area contributed by atoms with E-state index in [2.05, 4.69) is 60.0 Å². The molecule has 1 atom stereocenters. The highest BCUT2D eigenvalue weighted by molar-refractivity contribution is 9.11. The van der Waals surface area contributed by atoms with Crippen molar-refractivity contribution in [2.24, 2.45) is 0 Å². The number of halogens is 5. The van der Waals surface area contributed by atoms with E-state index in [4.69, 9.17) is 23.2 Å². The van der Waals surface area contributed by atoms with Crippen LogP contribution in [-0.2, 0) is 0 Å². The second-order valence-electron chi connectivity index (χ2n) is 4.28. The molecule has 0 bridgehead atoms. The van der Waals surface area contributed by atoms with Gasteiger partial charge in [0.1, 0.15) is 0 Å². The van der Waals surface area contributed by atoms with E-state index >= 15 is 0 Å². The molecule has 0 radical (unpaired) electrons. The largest absolute Gasteiger partial charge is 0.376 e. The topological polar surface area (TPSA) is 12.0 Å². The van der Waals surface area contributed by atoms with Gasteiger partial charge in [0.2, 0.25) is 0 Å². The molecular weight excluding hydrogens is 493 g/mol. The predicted molar refractivity (Wildman–Crippen MR) is 98.0 cm³/mol. The van der Waals surface area contributed by atoms with Gasteiger partial charge in [-0.1, -0.05) is 77.1 Å². The summed E-state index contributed by atoms with van der Waals surface area (Å²) in [7, 11) is 0. The van der Waals surface area contributed by atoms with Gasteiger partial charge in [0.05, 0.1) is 15.7 Å². The van der Waals surface area contributed by atoms with Crippen LogP contribution in [0.25, 0.3) is 0 Å². The molecule has 6 heteroatoms. The van der Waals surface area contributed by atoms with E-state index in [1.54, 1.807) is 0 Å². The Balaban J connectivity index is 2.30. The van der Waals surface area contributed by atoms with E-state index in [9.17, 15) is 0 Å². The molecule has 2 rings (SSSR count). The smallest absolute Gasteiger partial charge is 0.0724 e. The van der Waals surface area contributed by atoms with Crippen LogP contribution in [0.5, 0.6) is 0 Å². The Hall–Kier alpha value is 0.260. The van der Waals surface area contributed by atoms with E-state index in [-0.39, 0.29) is 6.04 Å². The standard InChI is InChI=1S/C14H10Br3Cl2N/c1-7(10-3-2-8(15)4-11(10)17)20-14-12(18)5-9(16)6-13(14)19/h2-7,20H,1H3. The zero-order valence-corrected chi connectivity index (χ0v) is 16.6. The quantitative estimate of drug-likeness (QED) is 0.459. The Kier molecular flexibility index (Phi) is 5.83. The van der Waals surface area contributed by atoms with E-state index < -0.39 is 0 Å². The molecule has 20 heavy (non-hydrogen) atoms. The molecule has 0 amide bonds. The van der Waals surface area contributed by atoms with Crippen molar-refractivity contribution in [3.05, 3.63) is 59.4 Å². The van der Waals surface area contributed by atoms with Crippen LogP contribution in [0.15, 0.2) is 43.7 Å². The second kappa shape index (κ2) is 7.01. The molecule has 0 aliphatic heterocycles. The van der Waals surface area contributed by atoms with Crippen molar-refractivity contribution in [3.63, 3.8) is 0 Å². The Morgan fingerprint density at radius 1 is 0.950 bits per heavy atom. The number of hydrogen-bond acceptors (Lipinski definition) is 1. The maximum absolute atomic E-state index is 6.24. The van der Waals surface area contributed by atoms with Crippen molar-refractivity contribution in [2.45, 2.75) is 13.0 Å². The Labute approximate surface area is 153 Å². The van der Waals surface area contributed by atoms with Crippen molar-refractivity contribution in [2.75, 3.05) is 5.32 Å². The van der Waals surface area contributed by atoms with Crippen molar-refractivity contribution in [3.8, 4) is 0 Å². The van der Waals surface area contributed by atoms with E-state index in [1.807, 2.05) is 30.3 Å². The molecule has 0 aromatic heterocycles. The number of rotatable bonds is 3. The van der Waals surface area contributed by atoms with Gasteiger partial charge in [-0.3, -0.25) is 0 Å². The van der Waals surface area contributed by atoms with E-state index in [1.165, 1.54) is 0 Å². The lowest BCUT2D eigenvalue weighted by Crippen LogP contribution is -2.08. The number of benzene rings is 2. The molecule has 0 saturated carbocycles. The molecule has 0 heterocycles. The Morgan fingerprint density at radius 3 is 2.10 bits per heavy atom. The lowest BCUT2D eigenvalue weighted by molar-refractivity contribution is 0.878. The summed E-state index contributed by atoms with van der Waals surface area (Å²) in [5, 5.41) is 4.53. The highest BCUT2D eigenvalue weighted by atomic mass is 79.9. The summed E-state index contributed by atoms with van der Waals surface area (Å²) in [6.07, 6.45) is 0. The zero-order valence-electron chi connectivity index (χ0n) is 10.4. The first-order valence-corrected chi connectivity index (χ1v) is 8.88. The molecule has 2 aromatic carbocycles. The normalized spacial score (nSPS) is 12.3. The monoisotopic (exact) mass is 499 g/mol. The molecule has 0 fully saturated rings. The van der Waals surface area contributed by atoms with Crippen LogP contribution in [0.4, 0.5) is 5.69 Å². The summed E-state index contributed by atoms with van der Waals surface area (Å²) in [6, 6.07) is 9.76. The summed E-state index contributed by atoms with van der Waals surface area (Å²) < 4.78 is 2.91. The summed E-state index contributed by atoms with van der Waals surface area (Å²) in [5.41, 5.74) is 1.86. The highest BCUT2D eigenvalue weighted by Crippen LogP contribution is 2.37. The van der Waals surface area contributed by atoms with Gasteiger partial charge in [0.15, 0.2) is 0 Å². The maximum atomic E-state index is 6.24. The number of hydrogen-bond donors (Lipinski definition) is 1. The van der Waals surface area contributed by atoms with Crippen molar-refractivity contribution >= 4 is 76.7 Å². The minimum Gasteiger partial charge on any atom is -0.376 e. The van der Waals surface area contributed by atoms with Crippen LogP contribution in [0.2, 0.25) is 10.0 Å². The fraction of sp³-hybridized carbons (Fsp3) is 0.143. The first kappa shape index (κ1) is 16.6. The summed E-state index contributed by atoms with van der Waals surface area (Å²) in [5.74, 6) is 0. The predicted octanol–water partition coefficient (Wildman–Crippen LogP) is 7.45. The summed E-state index contributed by atoms with van der Waals surface area (Å²) in [4.78, 5) is 0. The van der Waals surface area contributed by atoms with Gasteiger partial charge in [-0.25, -0.2) is 0 Å². The molecule has 0 aliphatic carbocycles. The Bertz CT molecular complexity index is 623. The molecule has 0 aliphatic rings. The van der Waals surface area contributed by atoms with Crippen LogP contribution in [0.3, 0.4) is 0 Å². The van der Waals surface area contributed by atoms with Crippen LogP contribution in [0, 0.1) is 0 Å². The Morgan fingerprint density at radius 2 is 1.55 bits per heavy atom. The molecule has 1 nitrogen and oxygen atoms in total. The van der Waals surface area contributed by atoms with Crippen molar-refractivity contribution < 1.29 is 0 Å². The van der Waals surface area contributed by atoms with Gasteiger partial charge in [-0.15, -0.1) is 0 Å². The minimum atomic E-state index is 0.0636. The van der Waals surface area contributed by atoms with Gasteiger partial charge in [0.25, 0.3) is 0 Å². The van der Waals surface area contributed by atoms with Crippen LogP contribution in [-0.4, -0.2) is 0 Å². The molecule has 1 unspecified atom stereocenters. The molecule has 106 valence electrons. The third kappa shape index (κ3) is 3.92. The lowest BCUT2D eigenvalue weighted by Gasteiger charge is -2.19. The molecule has 2 aromatic rings. The van der Waals surface area contributed by atoms with Gasteiger partial charge < -0.3 is 5.32 Å². The summed E-state index contributed by atoms with van der Waals surface area (Å²) >= 11 is 22.9. The van der Waals surface area contributed by atoms with Gasteiger partial charge >= 0.3 is 0 Å². The van der Waals surface area contributed by atoms with Gasteiger partial charge in [0, 0.05) is 19.5 Å². The average Bonchev–Trinajstić information content (AvgIpc) is 2.33. The van der Waals surface area contributed by atoms with E-state index in [0.29, 0.717) is 10.0 Å². The van der Waals surface area contributed by atoms with Gasteiger partial charge in [-0.05, 0) is 36.8 Å². The molecule has 1 N–H and O–H groups in total. The zero-order chi connectivity index (χ0) is 14.9. The summed E-state index contributed by atoms with van der Waals surface area (Å²) in [6.45, 7) is 2.06. The minimum absolute atomic E-state index is 0.0636. The first-order valence-electron chi connectivity index (χ1n) is 5.74. The van der Waals surface area contributed by atoms with Crippen LogP contribution in [0.1, 0.15) is 18.5 Å². The fourth-order valence-electron chi connectivity index (χ4n) is 1.83. The molecular formula is C14H10Br3Cl2N. The average molecular weight is 503 g/mol. The van der Waals surface area contributed by atoms with Crippen LogP contribution < -0.4 is 5.32 Å². The van der Waals surface area contributed by atoms with Gasteiger partial charge in [-0.2, -0.15) is 0 Å². The van der Waals surface area contributed by atoms with E-state index in [0.717, 1.165) is 24.7 Å². The third-order valence-electron chi connectivity index (χ3n) is 2.80. The maximum Gasteiger partial charge on any atom is 0.0724 e. The van der Waals surface area contributed by atoms with Crippen molar-refractivity contribution in [1.82, 2.24) is 0 Å². The molecule has 0 spiro atoms. The van der Waals surface area contributed by atoms with Crippen molar-refractivity contribution in [1.29, 1.82) is 0 Å². The number of anilines is 1.